The summed E-state index contributed by atoms with van der Waals surface area (Å²) in [6.07, 6.45) is 29.5. The molecular formula is C28H49NO. The largest absolute Gasteiger partial charge is 0.343 e. The van der Waals surface area contributed by atoms with Crippen LogP contribution < -0.4 is 0 Å². The molecule has 1 amide bonds. The molecule has 172 valence electrons. The topological polar surface area (TPSA) is 20.3 Å². The van der Waals surface area contributed by atoms with Gasteiger partial charge in [-0.25, -0.2) is 0 Å². The Morgan fingerprint density at radius 3 is 1.97 bits per heavy atom. The molecule has 0 aromatic carbocycles. The standard InChI is InChI=1S/C28H49NO/c1-2-3-4-5-6-7-8-9-10-11-12-13-14-15-16-17-18-19-20-21-22-25-28(30)29-26-23-24-27-29/h7-8H,2-6,11-27H2,1H3/b8-7+. The molecule has 2 heteroatoms. The van der Waals surface area contributed by atoms with Crippen LogP contribution in [0.3, 0.4) is 0 Å². The maximum absolute atomic E-state index is 12.0. The summed E-state index contributed by atoms with van der Waals surface area (Å²) in [6, 6.07) is 0. The van der Waals surface area contributed by atoms with Crippen molar-refractivity contribution in [3.63, 3.8) is 0 Å². The van der Waals surface area contributed by atoms with Crippen LogP contribution in [0.2, 0.25) is 0 Å². The number of hydrogen-bond acceptors (Lipinski definition) is 1. The van der Waals surface area contributed by atoms with E-state index in [1.165, 1.54) is 109 Å². The van der Waals surface area contributed by atoms with Crippen molar-refractivity contribution in [2.75, 3.05) is 13.1 Å². The van der Waals surface area contributed by atoms with E-state index in [4.69, 9.17) is 0 Å². The van der Waals surface area contributed by atoms with Crippen LogP contribution in [0.4, 0.5) is 0 Å². The molecule has 0 saturated carbocycles. The summed E-state index contributed by atoms with van der Waals surface area (Å²) in [5, 5.41) is 0. The zero-order chi connectivity index (χ0) is 21.5. The number of allylic oxidation sites excluding steroid dienone is 2. The molecule has 1 fully saturated rings. The highest BCUT2D eigenvalue weighted by Crippen LogP contribution is 2.14. The van der Waals surface area contributed by atoms with Crippen molar-refractivity contribution in [1.82, 2.24) is 4.90 Å². The smallest absolute Gasteiger partial charge is 0.222 e. The number of hydrogen-bond donors (Lipinski definition) is 0. The first-order valence-corrected chi connectivity index (χ1v) is 13.3. The van der Waals surface area contributed by atoms with Crippen LogP contribution in [0.1, 0.15) is 135 Å². The van der Waals surface area contributed by atoms with Gasteiger partial charge in [-0.1, -0.05) is 102 Å². The summed E-state index contributed by atoms with van der Waals surface area (Å²) in [4.78, 5) is 14.0. The van der Waals surface area contributed by atoms with Gasteiger partial charge >= 0.3 is 0 Å². The van der Waals surface area contributed by atoms with Gasteiger partial charge in [-0.15, -0.1) is 0 Å². The van der Waals surface area contributed by atoms with E-state index in [1.54, 1.807) is 0 Å². The monoisotopic (exact) mass is 415 g/mol. The summed E-state index contributed by atoms with van der Waals surface area (Å²) in [7, 11) is 0. The highest BCUT2D eigenvalue weighted by atomic mass is 16.2. The van der Waals surface area contributed by atoms with E-state index in [0.29, 0.717) is 5.91 Å². The third-order valence-corrected chi connectivity index (χ3v) is 6.18. The summed E-state index contributed by atoms with van der Waals surface area (Å²) in [5.74, 6) is 6.87. The Kier molecular flexibility index (Phi) is 18.8. The first kappa shape index (κ1) is 26.8. The first-order chi connectivity index (χ1) is 14.8. The Bertz CT molecular complexity index is 479. The summed E-state index contributed by atoms with van der Waals surface area (Å²) in [5.41, 5.74) is 0. The Morgan fingerprint density at radius 2 is 1.33 bits per heavy atom. The molecule has 1 rings (SSSR count). The molecule has 0 radical (unpaired) electrons. The Labute approximate surface area is 188 Å². The number of carbonyl (C=O) groups excluding carboxylic acids is 1. The predicted molar refractivity (Wildman–Crippen MR) is 132 cm³/mol. The van der Waals surface area contributed by atoms with Gasteiger partial charge in [-0.2, -0.15) is 0 Å². The third-order valence-electron chi connectivity index (χ3n) is 6.18. The van der Waals surface area contributed by atoms with Crippen LogP contribution in [0, 0.1) is 11.8 Å². The van der Waals surface area contributed by atoms with Gasteiger partial charge < -0.3 is 4.90 Å². The van der Waals surface area contributed by atoms with E-state index in [0.717, 1.165) is 32.4 Å². The number of unbranched alkanes of at least 4 members (excludes halogenated alkanes) is 15. The van der Waals surface area contributed by atoms with Gasteiger partial charge in [-0.05, 0) is 44.6 Å². The molecule has 0 atom stereocenters. The van der Waals surface area contributed by atoms with Gasteiger partial charge in [0.15, 0.2) is 0 Å². The van der Waals surface area contributed by atoms with E-state index in [-0.39, 0.29) is 0 Å². The van der Waals surface area contributed by atoms with Crippen molar-refractivity contribution in [2.45, 2.75) is 135 Å². The predicted octanol–water partition coefficient (Wildman–Crippen LogP) is 8.21. The number of carbonyl (C=O) groups is 1. The van der Waals surface area contributed by atoms with Crippen LogP contribution in [-0.4, -0.2) is 23.9 Å². The van der Waals surface area contributed by atoms with E-state index in [2.05, 4.69) is 35.8 Å². The van der Waals surface area contributed by atoms with Crippen molar-refractivity contribution in [1.29, 1.82) is 0 Å². The second-order valence-corrected chi connectivity index (χ2v) is 9.05. The lowest BCUT2D eigenvalue weighted by Crippen LogP contribution is -2.27. The van der Waals surface area contributed by atoms with Crippen LogP contribution in [0.25, 0.3) is 0 Å². The van der Waals surface area contributed by atoms with E-state index < -0.39 is 0 Å². The maximum atomic E-state index is 12.0. The van der Waals surface area contributed by atoms with Gasteiger partial charge in [-0.3, -0.25) is 4.79 Å². The van der Waals surface area contributed by atoms with Crippen molar-refractivity contribution < 1.29 is 4.79 Å². The molecule has 30 heavy (non-hydrogen) atoms. The van der Waals surface area contributed by atoms with Crippen molar-refractivity contribution in [3.05, 3.63) is 12.2 Å². The van der Waals surface area contributed by atoms with E-state index in [1.807, 2.05) is 0 Å². The molecular weight excluding hydrogens is 366 g/mol. The molecule has 0 spiro atoms. The minimum Gasteiger partial charge on any atom is -0.343 e. The zero-order valence-corrected chi connectivity index (χ0v) is 20.1. The van der Waals surface area contributed by atoms with Gasteiger partial charge in [0.25, 0.3) is 0 Å². The Morgan fingerprint density at radius 1 is 0.767 bits per heavy atom. The second-order valence-electron chi connectivity index (χ2n) is 9.05. The van der Waals surface area contributed by atoms with Crippen LogP contribution >= 0.6 is 0 Å². The summed E-state index contributed by atoms with van der Waals surface area (Å²) < 4.78 is 0. The van der Waals surface area contributed by atoms with E-state index >= 15 is 0 Å². The molecule has 0 aromatic rings. The fourth-order valence-corrected chi connectivity index (χ4v) is 4.17. The quantitative estimate of drug-likeness (QED) is 0.163. The molecule has 0 aromatic heterocycles. The highest BCUT2D eigenvalue weighted by molar-refractivity contribution is 5.76. The average molecular weight is 416 g/mol. The molecule has 1 aliphatic heterocycles. The van der Waals surface area contributed by atoms with Gasteiger partial charge in [0.2, 0.25) is 5.91 Å². The van der Waals surface area contributed by atoms with Gasteiger partial charge in [0, 0.05) is 25.9 Å². The van der Waals surface area contributed by atoms with Crippen molar-refractivity contribution >= 4 is 5.91 Å². The lowest BCUT2D eigenvalue weighted by molar-refractivity contribution is -0.130. The summed E-state index contributed by atoms with van der Waals surface area (Å²) in [6.45, 7) is 4.26. The maximum Gasteiger partial charge on any atom is 0.222 e. The number of likely N-dealkylation sites (tertiary alicyclic amines) is 1. The number of rotatable bonds is 18. The third kappa shape index (κ3) is 16.6. The minimum atomic E-state index is 0.396. The van der Waals surface area contributed by atoms with Crippen LogP contribution in [-0.2, 0) is 4.79 Å². The van der Waals surface area contributed by atoms with Crippen LogP contribution in [0.5, 0.6) is 0 Å². The van der Waals surface area contributed by atoms with Gasteiger partial charge in [0.1, 0.15) is 0 Å². The lowest BCUT2D eigenvalue weighted by atomic mass is 10.0. The SMILES string of the molecule is CCCCCC/C=C/C#CCCCCCCCCCCCCCC(=O)N1CCCC1. The molecule has 0 unspecified atom stereocenters. The molecule has 0 aliphatic carbocycles. The van der Waals surface area contributed by atoms with Crippen LogP contribution in [0.15, 0.2) is 12.2 Å². The fraction of sp³-hybridized carbons (Fsp3) is 0.821. The van der Waals surface area contributed by atoms with Crippen molar-refractivity contribution in [2.24, 2.45) is 0 Å². The number of amides is 1. The molecule has 0 bridgehead atoms. The Hall–Kier alpha value is -1.23. The summed E-state index contributed by atoms with van der Waals surface area (Å²) >= 11 is 0. The highest BCUT2D eigenvalue weighted by Gasteiger charge is 2.16. The second kappa shape index (κ2) is 21.0. The van der Waals surface area contributed by atoms with Crippen molar-refractivity contribution in [3.8, 4) is 11.8 Å². The molecule has 1 saturated heterocycles. The fourth-order valence-electron chi connectivity index (χ4n) is 4.17. The first-order valence-electron chi connectivity index (χ1n) is 13.3. The average Bonchev–Trinajstić information content (AvgIpc) is 3.30. The lowest BCUT2D eigenvalue weighted by Gasteiger charge is -2.14. The molecule has 1 aliphatic rings. The number of nitrogens with zero attached hydrogens (tertiary/aromatic N) is 1. The minimum absolute atomic E-state index is 0.396. The molecule has 2 nitrogen and oxygen atoms in total. The van der Waals surface area contributed by atoms with E-state index in [9.17, 15) is 4.79 Å². The zero-order valence-electron chi connectivity index (χ0n) is 20.1. The normalized spacial score (nSPS) is 13.7. The van der Waals surface area contributed by atoms with Gasteiger partial charge in [0.05, 0.1) is 0 Å². The molecule has 1 heterocycles. The molecule has 0 N–H and O–H groups in total. The Balaban J connectivity index is 1.74.